The van der Waals surface area contributed by atoms with Crippen molar-refractivity contribution in [2.75, 3.05) is 13.7 Å². The maximum Gasteiger partial charge on any atom is 0.341 e. The Hall–Kier alpha value is -4.76. The van der Waals surface area contributed by atoms with Gasteiger partial charge in [-0.15, -0.1) is 5.10 Å². The summed E-state index contributed by atoms with van der Waals surface area (Å²) in [6.45, 7) is 4.61. The largest absolute Gasteiger partial charge is 0.492 e. The molecule has 9 nitrogen and oxygen atoms in total. The van der Waals surface area contributed by atoms with Crippen molar-refractivity contribution in [2.24, 2.45) is 7.05 Å². The number of fused-ring (bicyclic) bond motifs is 1. The zero-order valence-electron chi connectivity index (χ0n) is 25.3. The Morgan fingerprint density at radius 2 is 1.84 bits per heavy atom. The summed E-state index contributed by atoms with van der Waals surface area (Å²) >= 11 is 0. The van der Waals surface area contributed by atoms with Crippen molar-refractivity contribution in [1.29, 1.82) is 0 Å². The van der Waals surface area contributed by atoms with Crippen LogP contribution in [0.15, 0.2) is 85.2 Å². The predicted octanol–water partition coefficient (Wildman–Crippen LogP) is 5.90. The minimum absolute atomic E-state index is 0.101. The topological polar surface area (TPSA) is 87.3 Å². The molecule has 0 amide bonds. The average Bonchev–Trinajstić information content (AvgIpc) is 3.58. The van der Waals surface area contributed by atoms with Crippen molar-refractivity contribution < 1.29 is 14.3 Å². The van der Waals surface area contributed by atoms with Crippen LogP contribution in [-0.4, -0.2) is 55.4 Å². The van der Waals surface area contributed by atoms with Gasteiger partial charge in [0.15, 0.2) is 0 Å². The zero-order chi connectivity index (χ0) is 30.2. The standard InChI is InChI=1S/C35H36N6O3/c1-4-27-22-44-33-14-6-5-10-26(33)20-40(27)19-23-9-7-11-24(15-23)25-12-8-13-28(16-25)41-34(31(18-36-41)35(42)43-3)30-17-29(30)32-21-39(2)38-37-32/h5-16,18,21,27,29-30H,4,17,19-20,22H2,1-3H3/t27?,29-,30-/m1/s1. The van der Waals surface area contributed by atoms with Crippen LogP contribution in [0.3, 0.4) is 0 Å². The van der Waals surface area contributed by atoms with E-state index < -0.39 is 0 Å². The van der Waals surface area contributed by atoms with E-state index in [4.69, 9.17) is 9.47 Å². The van der Waals surface area contributed by atoms with Gasteiger partial charge in [0.05, 0.1) is 30.4 Å². The molecule has 0 N–H and O–H groups in total. The molecule has 2 aromatic heterocycles. The summed E-state index contributed by atoms with van der Waals surface area (Å²) in [6, 6.07) is 25.8. The first-order chi connectivity index (χ1) is 21.5. The molecule has 0 saturated heterocycles. The second-order valence-electron chi connectivity index (χ2n) is 11.7. The molecule has 3 atom stereocenters. The van der Waals surface area contributed by atoms with E-state index in [1.807, 2.05) is 36.1 Å². The van der Waals surface area contributed by atoms with Gasteiger partial charge >= 0.3 is 5.97 Å². The molecule has 5 aromatic rings. The molecule has 1 fully saturated rings. The van der Waals surface area contributed by atoms with Gasteiger partial charge in [-0.1, -0.05) is 60.7 Å². The van der Waals surface area contributed by atoms with Crippen molar-refractivity contribution >= 4 is 5.97 Å². The molecule has 1 saturated carbocycles. The Bertz CT molecular complexity index is 1810. The third kappa shape index (κ3) is 5.39. The van der Waals surface area contributed by atoms with Crippen molar-refractivity contribution in [3.8, 4) is 22.6 Å². The predicted molar refractivity (Wildman–Crippen MR) is 167 cm³/mol. The van der Waals surface area contributed by atoms with E-state index in [-0.39, 0.29) is 17.8 Å². The molecule has 3 aromatic carbocycles. The summed E-state index contributed by atoms with van der Waals surface area (Å²) in [5.41, 5.74) is 7.87. The first-order valence-corrected chi connectivity index (χ1v) is 15.2. The quantitative estimate of drug-likeness (QED) is 0.209. The van der Waals surface area contributed by atoms with Gasteiger partial charge in [0.1, 0.15) is 17.9 Å². The van der Waals surface area contributed by atoms with Gasteiger partial charge in [0.2, 0.25) is 0 Å². The lowest BCUT2D eigenvalue weighted by Crippen LogP contribution is -2.36. The van der Waals surface area contributed by atoms with Crippen LogP contribution >= 0.6 is 0 Å². The van der Waals surface area contributed by atoms with Crippen LogP contribution in [0.1, 0.15) is 64.5 Å². The molecule has 1 unspecified atom stereocenters. The summed E-state index contributed by atoms with van der Waals surface area (Å²) in [7, 11) is 3.27. The third-order valence-electron chi connectivity index (χ3n) is 8.86. The van der Waals surface area contributed by atoms with Gasteiger partial charge in [-0.2, -0.15) is 5.10 Å². The molecular weight excluding hydrogens is 552 g/mol. The summed E-state index contributed by atoms with van der Waals surface area (Å²) in [5.74, 6) is 0.892. The lowest BCUT2D eigenvalue weighted by molar-refractivity contribution is 0.0599. The Labute approximate surface area is 257 Å². The highest BCUT2D eigenvalue weighted by Gasteiger charge is 2.46. The lowest BCUT2D eigenvalue weighted by Gasteiger charge is -2.28. The Balaban J connectivity index is 1.18. The van der Waals surface area contributed by atoms with Crippen LogP contribution in [-0.2, 0) is 24.9 Å². The van der Waals surface area contributed by atoms with E-state index in [1.165, 1.54) is 18.2 Å². The van der Waals surface area contributed by atoms with Crippen molar-refractivity contribution in [2.45, 2.75) is 50.7 Å². The summed E-state index contributed by atoms with van der Waals surface area (Å²) in [6.07, 6.45) is 5.46. The number of aromatic nitrogens is 5. The number of rotatable bonds is 8. The normalized spacial score (nSPS) is 19.6. The van der Waals surface area contributed by atoms with Crippen LogP contribution in [0, 0.1) is 0 Å². The van der Waals surface area contributed by atoms with Gasteiger partial charge in [-0.05, 0) is 53.8 Å². The first-order valence-electron chi connectivity index (χ1n) is 15.2. The number of aryl methyl sites for hydroxylation is 1. The van der Waals surface area contributed by atoms with Gasteiger partial charge in [0.25, 0.3) is 0 Å². The van der Waals surface area contributed by atoms with Crippen LogP contribution in [0.4, 0.5) is 0 Å². The van der Waals surface area contributed by atoms with Crippen molar-refractivity contribution in [3.63, 3.8) is 0 Å². The Morgan fingerprint density at radius 1 is 1.02 bits per heavy atom. The molecule has 7 rings (SSSR count). The van der Waals surface area contributed by atoms with Crippen molar-refractivity contribution in [3.05, 3.63) is 113 Å². The van der Waals surface area contributed by atoms with Gasteiger partial charge in [-0.3, -0.25) is 9.58 Å². The second kappa shape index (κ2) is 11.7. The SMILES string of the molecule is CCC1COc2ccccc2CN1Cc1cccc(-c2cccc(-n3ncc(C(=O)OC)c3[C@@H]3C[C@H]3c3cn(C)nn3)c2)c1. The first kappa shape index (κ1) is 28.0. The van der Waals surface area contributed by atoms with Crippen LogP contribution in [0.2, 0.25) is 0 Å². The zero-order valence-corrected chi connectivity index (χ0v) is 25.3. The molecular formula is C35H36N6O3. The molecule has 2 aliphatic rings. The smallest absolute Gasteiger partial charge is 0.341 e. The lowest BCUT2D eigenvalue weighted by atomic mass is 10.0. The molecule has 1 aliphatic carbocycles. The fraction of sp³-hybridized carbons (Fsp3) is 0.314. The summed E-state index contributed by atoms with van der Waals surface area (Å²) in [5, 5.41) is 13.1. The van der Waals surface area contributed by atoms with Gasteiger partial charge in [-0.25, -0.2) is 9.48 Å². The van der Waals surface area contributed by atoms with E-state index in [2.05, 4.69) is 81.8 Å². The van der Waals surface area contributed by atoms with E-state index >= 15 is 0 Å². The van der Waals surface area contributed by atoms with Crippen molar-refractivity contribution in [1.82, 2.24) is 29.7 Å². The molecule has 3 heterocycles. The number of para-hydroxylation sites is 1. The van der Waals surface area contributed by atoms with Gasteiger partial charge in [0, 0.05) is 49.8 Å². The van der Waals surface area contributed by atoms with E-state index in [9.17, 15) is 4.79 Å². The molecule has 9 heteroatoms. The summed E-state index contributed by atoms with van der Waals surface area (Å²) < 4.78 is 14.9. The highest BCUT2D eigenvalue weighted by molar-refractivity contribution is 5.91. The highest BCUT2D eigenvalue weighted by atomic mass is 16.5. The van der Waals surface area contributed by atoms with E-state index in [0.717, 1.165) is 59.9 Å². The molecule has 0 radical (unpaired) electrons. The number of carbonyl (C=O) groups is 1. The third-order valence-corrected chi connectivity index (χ3v) is 8.86. The summed E-state index contributed by atoms with van der Waals surface area (Å²) in [4.78, 5) is 15.3. The minimum atomic E-state index is -0.383. The molecule has 44 heavy (non-hydrogen) atoms. The molecule has 224 valence electrons. The number of carbonyl (C=O) groups excluding carboxylic acids is 1. The van der Waals surface area contributed by atoms with Crippen LogP contribution < -0.4 is 4.74 Å². The molecule has 0 bridgehead atoms. The number of hydrogen-bond donors (Lipinski definition) is 0. The fourth-order valence-corrected chi connectivity index (χ4v) is 6.42. The number of hydrogen-bond acceptors (Lipinski definition) is 7. The van der Waals surface area contributed by atoms with Gasteiger partial charge < -0.3 is 9.47 Å². The van der Waals surface area contributed by atoms with E-state index in [1.54, 1.807) is 10.9 Å². The highest BCUT2D eigenvalue weighted by Crippen LogP contribution is 2.55. The number of nitrogens with zero attached hydrogens (tertiary/aromatic N) is 6. The van der Waals surface area contributed by atoms with E-state index in [0.29, 0.717) is 18.2 Å². The minimum Gasteiger partial charge on any atom is -0.492 e. The van der Waals surface area contributed by atoms with Crippen LogP contribution in [0.5, 0.6) is 5.75 Å². The second-order valence-corrected chi connectivity index (χ2v) is 11.7. The molecule has 0 spiro atoms. The number of benzene rings is 3. The maximum absolute atomic E-state index is 12.8. The Morgan fingerprint density at radius 3 is 2.64 bits per heavy atom. The van der Waals surface area contributed by atoms with Crippen LogP contribution in [0.25, 0.3) is 16.8 Å². The average molecular weight is 589 g/mol. The molecule has 1 aliphatic heterocycles. The Kier molecular flexibility index (Phi) is 7.47. The number of methoxy groups -OCH3 is 1. The maximum atomic E-state index is 12.8. The number of ether oxygens (including phenoxy) is 2. The number of esters is 1. The monoisotopic (exact) mass is 588 g/mol. The fourth-order valence-electron chi connectivity index (χ4n) is 6.42.